The largest absolute Gasteiger partial charge is 0.493 e. The normalized spacial score (nSPS) is 13.2. The fourth-order valence-corrected chi connectivity index (χ4v) is 3.74. The summed E-state index contributed by atoms with van der Waals surface area (Å²) in [4.78, 5) is 24.7. The van der Waals surface area contributed by atoms with Crippen LogP contribution < -0.4 is 20.2 Å². The van der Waals surface area contributed by atoms with Gasteiger partial charge in [-0.25, -0.2) is 5.43 Å². The van der Waals surface area contributed by atoms with Crippen molar-refractivity contribution in [3.05, 3.63) is 53.1 Å². The number of nitrogens with zero attached hydrogens (tertiary/aromatic N) is 1. The van der Waals surface area contributed by atoms with E-state index in [0.29, 0.717) is 17.2 Å². The van der Waals surface area contributed by atoms with Crippen LogP contribution in [0.25, 0.3) is 0 Å². The molecule has 0 saturated carbocycles. The van der Waals surface area contributed by atoms with E-state index in [9.17, 15) is 9.59 Å². The maximum Gasteiger partial charge on any atom is 0.244 e. The van der Waals surface area contributed by atoms with E-state index in [-0.39, 0.29) is 24.7 Å². The Kier molecular flexibility index (Phi) is 7.65. The molecule has 0 spiro atoms. The van der Waals surface area contributed by atoms with E-state index in [1.54, 1.807) is 39.3 Å². The number of amides is 2. The number of hydrogen-bond acceptors (Lipinski definition) is 5. The zero-order valence-electron chi connectivity index (χ0n) is 18.3. The average molecular weight is 424 g/mol. The third-order valence-corrected chi connectivity index (χ3v) is 5.27. The Morgan fingerprint density at radius 2 is 1.77 bits per heavy atom. The molecule has 0 heterocycles. The topological polar surface area (TPSA) is 89.0 Å². The molecular weight excluding hydrogens is 394 g/mol. The number of hydrogen-bond donors (Lipinski definition) is 2. The van der Waals surface area contributed by atoms with Crippen LogP contribution in [0.5, 0.6) is 11.5 Å². The molecule has 7 heteroatoms. The molecule has 2 aromatic rings. The quantitative estimate of drug-likeness (QED) is 0.501. The standard InChI is InChI=1S/C24H29N3O4/c1-16(13-23(28)25-20-10-6-8-18-7-4-5-9-19(18)20)26-27-24(29)15-17-11-12-21(30-2)22(14-17)31-3/h6,8,10-12,14H,4-5,7,9,13,15H2,1-3H3,(H,25,28)(H,27,29). The van der Waals surface area contributed by atoms with Crippen molar-refractivity contribution in [2.24, 2.45) is 5.10 Å². The number of anilines is 1. The van der Waals surface area contributed by atoms with E-state index < -0.39 is 0 Å². The summed E-state index contributed by atoms with van der Waals surface area (Å²) in [5.41, 5.74) is 7.25. The number of ether oxygens (including phenoxy) is 2. The Balaban J connectivity index is 1.52. The third-order valence-electron chi connectivity index (χ3n) is 5.27. The molecule has 7 nitrogen and oxygen atoms in total. The predicted molar refractivity (Wildman–Crippen MR) is 121 cm³/mol. The lowest BCUT2D eigenvalue weighted by Gasteiger charge is -2.19. The highest BCUT2D eigenvalue weighted by Gasteiger charge is 2.15. The van der Waals surface area contributed by atoms with Gasteiger partial charge in [0.05, 0.1) is 27.1 Å². The number of carbonyl (C=O) groups excluding carboxylic acids is 2. The first-order chi connectivity index (χ1) is 15.0. The summed E-state index contributed by atoms with van der Waals surface area (Å²) in [6.07, 6.45) is 4.64. The molecule has 1 aliphatic rings. The van der Waals surface area contributed by atoms with E-state index >= 15 is 0 Å². The first kappa shape index (κ1) is 22.3. The minimum Gasteiger partial charge on any atom is -0.493 e. The van der Waals surface area contributed by atoms with Crippen LogP contribution in [0.4, 0.5) is 5.69 Å². The maximum atomic E-state index is 12.4. The fourth-order valence-electron chi connectivity index (χ4n) is 3.74. The van der Waals surface area contributed by atoms with Gasteiger partial charge in [0.15, 0.2) is 11.5 Å². The van der Waals surface area contributed by atoms with Crippen LogP contribution in [0, 0.1) is 0 Å². The molecule has 1 aliphatic carbocycles. The van der Waals surface area contributed by atoms with Gasteiger partial charge in [-0.05, 0) is 67.5 Å². The van der Waals surface area contributed by atoms with E-state index in [1.165, 1.54) is 17.5 Å². The summed E-state index contributed by atoms with van der Waals surface area (Å²) in [7, 11) is 3.11. The number of methoxy groups -OCH3 is 2. The molecule has 0 aliphatic heterocycles. The first-order valence-corrected chi connectivity index (χ1v) is 10.4. The van der Waals surface area contributed by atoms with Gasteiger partial charge >= 0.3 is 0 Å². The summed E-state index contributed by atoms with van der Waals surface area (Å²) in [6.45, 7) is 1.72. The summed E-state index contributed by atoms with van der Waals surface area (Å²) < 4.78 is 10.5. The molecule has 0 fully saturated rings. The lowest BCUT2D eigenvalue weighted by atomic mass is 9.90. The highest BCUT2D eigenvalue weighted by molar-refractivity contribution is 6.06. The van der Waals surface area contributed by atoms with E-state index in [0.717, 1.165) is 30.5 Å². The second kappa shape index (κ2) is 10.6. The van der Waals surface area contributed by atoms with Crippen molar-refractivity contribution >= 4 is 23.2 Å². The van der Waals surface area contributed by atoms with Crippen molar-refractivity contribution < 1.29 is 19.1 Å². The van der Waals surface area contributed by atoms with Gasteiger partial charge in [-0.1, -0.05) is 18.2 Å². The number of carbonyl (C=O) groups is 2. The molecule has 0 atom stereocenters. The lowest BCUT2D eigenvalue weighted by Crippen LogP contribution is -2.23. The Morgan fingerprint density at radius 1 is 1.00 bits per heavy atom. The molecule has 0 aromatic heterocycles. The van der Waals surface area contributed by atoms with Crippen molar-refractivity contribution in [2.45, 2.75) is 45.4 Å². The lowest BCUT2D eigenvalue weighted by molar-refractivity contribution is -0.120. The molecule has 0 saturated heterocycles. The predicted octanol–water partition coefficient (Wildman–Crippen LogP) is 3.65. The second-order valence-corrected chi connectivity index (χ2v) is 7.62. The molecule has 2 aromatic carbocycles. The summed E-state index contributed by atoms with van der Waals surface area (Å²) in [6, 6.07) is 11.4. The highest BCUT2D eigenvalue weighted by Crippen LogP contribution is 2.28. The van der Waals surface area contributed by atoms with Crippen LogP contribution in [0.15, 0.2) is 41.5 Å². The van der Waals surface area contributed by atoms with Crippen LogP contribution in [-0.4, -0.2) is 31.7 Å². The van der Waals surface area contributed by atoms with Gasteiger partial charge in [0.2, 0.25) is 11.8 Å². The number of rotatable bonds is 8. The summed E-state index contributed by atoms with van der Waals surface area (Å²) >= 11 is 0. The molecule has 3 rings (SSSR count). The van der Waals surface area contributed by atoms with Gasteiger partial charge in [0.25, 0.3) is 0 Å². The van der Waals surface area contributed by atoms with Crippen molar-refractivity contribution in [1.29, 1.82) is 0 Å². The third kappa shape index (κ3) is 6.07. The summed E-state index contributed by atoms with van der Waals surface area (Å²) in [5, 5.41) is 7.06. The van der Waals surface area contributed by atoms with Gasteiger partial charge in [0, 0.05) is 11.4 Å². The van der Waals surface area contributed by atoms with E-state index in [4.69, 9.17) is 9.47 Å². The first-order valence-electron chi connectivity index (χ1n) is 10.4. The Bertz CT molecular complexity index is 985. The molecule has 0 bridgehead atoms. The van der Waals surface area contributed by atoms with Gasteiger partial charge in [0.1, 0.15) is 0 Å². The average Bonchev–Trinajstić information content (AvgIpc) is 2.77. The molecule has 0 unspecified atom stereocenters. The minimum atomic E-state index is -0.274. The summed E-state index contributed by atoms with van der Waals surface area (Å²) in [5.74, 6) is 0.747. The zero-order chi connectivity index (χ0) is 22.2. The Morgan fingerprint density at radius 3 is 2.55 bits per heavy atom. The van der Waals surface area contributed by atoms with Crippen LogP contribution in [0.3, 0.4) is 0 Å². The van der Waals surface area contributed by atoms with Gasteiger partial charge in [-0.3, -0.25) is 9.59 Å². The second-order valence-electron chi connectivity index (χ2n) is 7.62. The molecular formula is C24H29N3O4. The maximum absolute atomic E-state index is 12.4. The number of hydrazone groups is 1. The molecule has 2 amide bonds. The van der Waals surface area contributed by atoms with Crippen LogP contribution in [0.2, 0.25) is 0 Å². The van der Waals surface area contributed by atoms with Gasteiger partial charge in [-0.15, -0.1) is 0 Å². The SMILES string of the molecule is COc1ccc(CC(=O)NN=C(C)CC(=O)Nc2cccc3c2CCCC3)cc1OC. The van der Waals surface area contributed by atoms with Crippen molar-refractivity contribution in [2.75, 3.05) is 19.5 Å². The highest BCUT2D eigenvalue weighted by atomic mass is 16.5. The van der Waals surface area contributed by atoms with Gasteiger partial charge in [-0.2, -0.15) is 5.10 Å². The number of benzene rings is 2. The molecule has 164 valence electrons. The number of aryl methyl sites for hydroxylation is 1. The Hall–Kier alpha value is -3.35. The molecule has 0 radical (unpaired) electrons. The fraction of sp³-hybridized carbons (Fsp3) is 0.375. The smallest absolute Gasteiger partial charge is 0.244 e. The number of nitrogens with one attached hydrogen (secondary N) is 2. The Labute approximate surface area is 182 Å². The van der Waals surface area contributed by atoms with E-state index in [1.807, 2.05) is 12.1 Å². The van der Waals surface area contributed by atoms with Crippen LogP contribution in [0.1, 0.15) is 42.9 Å². The van der Waals surface area contributed by atoms with Crippen molar-refractivity contribution in [1.82, 2.24) is 5.43 Å². The number of fused-ring (bicyclic) bond motifs is 1. The molecule has 31 heavy (non-hydrogen) atoms. The van der Waals surface area contributed by atoms with Crippen LogP contribution in [-0.2, 0) is 28.9 Å². The molecule has 2 N–H and O–H groups in total. The minimum absolute atomic E-state index is 0.111. The zero-order valence-corrected chi connectivity index (χ0v) is 18.3. The van der Waals surface area contributed by atoms with Crippen molar-refractivity contribution in [3.8, 4) is 11.5 Å². The monoisotopic (exact) mass is 423 g/mol. The van der Waals surface area contributed by atoms with Crippen molar-refractivity contribution in [3.63, 3.8) is 0 Å². The van der Waals surface area contributed by atoms with E-state index in [2.05, 4.69) is 21.9 Å². The van der Waals surface area contributed by atoms with Crippen LogP contribution >= 0.6 is 0 Å². The van der Waals surface area contributed by atoms with Gasteiger partial charge < -0.3 is 14.8 Å².